The lowest BCUT2D eigenvalue weighted by Crippen LogP contribution is -2.53. The lowest BCUT2D eigenvalue weighted by Gasteiger charge is -2.26. The maximum absolute atomic E-state index is 13.3. The molecule has 2 aromatic heterocycles. The van der Waals surface area contributed by atoms with E-state index in [1.165, 1.54) is 17.3 Å². The number of pyridine rings is 1. The van der Waals surface area contributed by atoms with Crippen LogP contribution < -0.4 is 20.1 Å². The highest BCUT2D eigenvalue weighted by Gasteiger charge is 2.26. The number of nitrogens with one attached hydrogen (secondary N) is 2. The van der Waals surface area contributed by atoms with Crippen LogP contribution in [-0.4, -0.2) is 76.5 Å². The number of hydrogen-bond donors (Lipinski definition) is 2. The Balaban J connectivity index is 1.66. The predicted molar refractivity (Wildman–Crippen MR) is 140 cm³/mol. The van der Waals surface area contributed by atoms with Crippen LogP contribution in [0.3, 0.4) is 0 Å². The third-order valence-corrected chi connectivity index (χ3v) is 6.22. The molecule has 0 aliphatic carbocycles. The van der Waals surface area contributed by atoms with Crippen molar-refractivity contribution in [2.75, 3.05) is 33.4 Å². The van der Waals surface area contributed by atoms with Gasteiger partial charge in [0.1, 0.15) is 18.5 Å². The van der Waals surface area contributed by atoms with Crippen LogP contribution in [0.5, 0.6) is 11.5 Å². The van der Waals surface area contributed by atoms with Crippen molar-refractivity contribution in [3.8, 4) is 22.9 Å². The number of nitrogens with zero attached hydrogens (tertiary/aromatic N) is 4. The normalized spacial score (nSPS) is 17.1. The topological polar surface area (TPSA) is 128 Å². The predicted octanol–water partition coefficient (Wildman–Crippen LogP) is 1.75. The van der Waals surface area contributed by atoms with Gasteiger partial charge in [-0.1, -0.05) is 13.8 Å². The number of carbonyl (C=O) groups excluding carboxylic acids is 3. The van der Waals surface area contributed by atoms with E-state index in [1.807, 2.05) is 36.7 Å². The summed E-state index contributed by atoms with van der Waals surface area (Å²) in [5.41, 5.74) is 1.20. The smallest absolute Gasteiger partial charge is 0.254 e. The van der Waals surface area contributed by atoms with Crippen LogP contribution in [0, 0.1) is 5.92 Å². The first-order valence-corrected chi connectivity index (χ1v) is 12.5. The number of amides is 3. The number of methoxy groups -OCH3 is 1. The summed E-state index contributed by atoms with van der Waals surface area (Å²) in [7, 11) is 1.55. The molecule has 11 heteroatoms. The zero-order valence-corrected chi connectivity index (χ0v) is 21.7. The summed E-state index contributed by atoms with van der Waals surface area (Å²) in [5, 5.41) is 5.71. The van der Waals surface area contributed by atoms with E-state index in [0.29, 0.717) is 36.0 Å². The molecule has 1 aliphatic rings. The van der Waals surface area contributed by atoms with Crippen LogP contribution >= 0.6 is 0 Å². The highest BCUT2D eigenvalue weighted by molar-refractivity contribution is 5.97. The largest absolute Gasteiger partial charge is 0.493 e. The molecule has 1 atom stereocenters. The SMILES string of the molecule is COc1ccc2cc1OCCN(C(=O)c1ccncc1)CC(=O)N[C@H](C(C)C)C(=O)NCCn1ccnc1-2. The molecule has 11 nitrogen and oxygen atoms in total. The van der Waals surface area contributed by atoms with Crippen LogP contribution in [-0.2, 0) is 16.1 Å². The van der Waals surface area contributed by atoms with Gasteiger partial charge in [-0.25, -0.2) is 4.98 Å². The third kappa shape index (κ3) is 6.28. The number of benzene rings is 1. The number of imidazole rings is 1. The van der Waals surface area contributed by atoms with E-state index in [-0.39, 0.29) is 37.4 Å². The molecule has 3 aromatic rings. The Hall–Kier alpha value is -4.41. The molecule has 200 valence electrons. The fraction of sp³-hybridized carbons (Fsp3) is 0.370. The fourth-order valence-electron chi connectivity index (χ4n) is 4.21. The summed E-state index contributed by atoms with van der Waals surface area (Å²) < 4.78 is 13.5. The van der Waals surface area contributed by atoms with Crippen molar-refractivity contribution in [3.05, 3.63) is 60.7 Å². The molecule has 0 spiro atoms. The highest BCUT2D eigenvalue weighted by Crippen LogP contribution is 2.32. The first-order valence-electron chi connectivity index (χ1n) is 12.5. The molecule has 1 aromatic carbocycles. The second-order valence-corrected chi connectivity index (χ2v) is 9.20. The molecule has 0 saturated carbocycles. The van der Waals surface area contributed by atoms with Crippen molar-refractivity contribution in [1.82, 2.24) is 30.1 Å². The second-order valence-electron chi connectivity index (χ2n) is 9.20. The minimum atomic E-state index is -0.756. The summed E-state index contributed by atoms with van der Waals surface area (Å²) in [6.07, 6.45) is 6.57. The van der Waals surface area contributed by atoms with Crippen molar-refractivity contribution < 1.29 is 23.9 Å². The molecule has 0 unspecified atom stereocenters. The van der Waals surface area contributed by atoms with E-state index in [0.717, 1.165) is 5.56 Å². The number of rotatable bonds is 3. The minimum absolute atomic E-state index is 0.104. The number of carbonyl (C=O) groups is 3. The van der Waals surface area contributed by atoms with Crippen molar-refractivity contribution in [1.29, 1.82) is 0 Å². The van der Waals surface area contributed by atoms with E-state index in [2.05, 4.69) is 20.6 Å². The Kier molecular flexibility index (Phi) is 8.57. The van der Waals surface area contributed by atoms with Gasteiger partial charge in [0.15, 0.2) is 11.5 Å². The van der Waals surface area contributed by atoms with Crippen LogP contribution in [0.4, 0.5) is 0 Å². The Morgan fingerprint density at radius 1 is 1.13 bits per heavy atom. The molecule has 0 saturated heterocycles. The van der Waals surface area contributed by atoms with Gasteiger partial charge < -0.3 is 29.6 Å². The van der Waals surface area contributed by atoms with Crippen molar-refractivity contribution in [2.45, 2.75) is 26.4 Å². The monoisotopic (exact) mass is 520 g/mol. The van der Waals surface area contributed by atoms with Gasteiger partial charge in [0.05, 0.1) is 20.2 Å². The summed E-state index contributed by atoms with van der Waals surface area (Å²) in [5.74, 6) is 0.478. The average Bonchev–Trinajstić information content (AvgIpc) is 3.39. The summed E-state index contributed by atoms with van der Waals surface area (Å²) in [6.45, 7) is 4.52. The maximum atomic E-state index is 13.3. The number of ether oxygens (including phenoxy) is 2. The number of fused-ring (bicyclic) bond motifs is 4. The van der Waals surface area contributed by atoms with Gasteiger partial charge in [-0.2, -0.15) is 0 Å². The molecular weight excluding hydrogens is 488 g/mol. The molecule has 3 amide bonds. The van der Waals surface area contributed by atoms with Crippen LogP contribution in [0.1, 0.15) is 24.2 Å². The van der Waals surface area contributed by atoms with E-state index in [9.17, 15) is 14.4 Å². The zero-order valence-electron chi connectivity index (χ0n) is 21.7. The Morgan fingerprint density at radius 2 is 1.92 bits per heavy atom. The molecule has 38 heavy (non-hydrogen) atoms. The summed E-state index contributed by atoms with van der Waals surface area (Å²) in [6, 6.07) is 7.92. The standard InChI is InChI=1S/C27H32N6O5/c1-18(2)24-26(35)30-11-13-32-12-10-29-25(32)20-4-5-21(37-3)22(16-20)38-15-14-33(17-23(34)31-24)27(36)19-6-8-28-9-7-19/h4-10,12,16,18,24H,11,13-15,17H2,1-3H3,(H,30,35)(H,31,34)/t24-/m1/s1. The fourth-order valence-corrected chi connectivity index (χ4v) is 4.21. The van der Waals surface area contributed by atoms with Crippen molar-refractivity contribution in [2.24, 2.45) is 5.92 Å². The number of hydrogen-bond acceptors (Lipinski definition) is 7. The van der Waals surface area contributed by atoms with E-state index < -0.39 is 11.9 Å². The summed E-state index contributed by atoms with van der Waals surface area (Å²) >= 11 is 0. The average molecular weight is 521 g/mol. The van der Waals surface area contributed by atoms with Gasteiger partial charge in [-0.3, -0.25) is 19.4 Å². The zero-order chi connectivity index (χ0) is 27.1. The molecule has 2 N–H and O–H groups in total. The van der Waals surface area contributed by atoms with E-state index >= 15 is 0 Å². The van der Waals surface area contributed by atoms with Crippen LogP contribution in [0.15, 0.2) is 55.1 Å². The van der Waals surface area contributed by atoms with Crippen molar-refractivity contribution in [3.63, 3.8) is 0 Å². The highest BCUT2D eigenvalue weighted by atomic mass is 16.5. The first kappa shape index (κ1) is 26.6. The van der Waals surface area contributed by atoms with E-state index in [4.69, 9.17) is 9.47 Å². The molecule has 1 aliphatic heterocycles. The van der Waals surface area contributed by atoms with Gasteiger partial charge in [0, 0.05) is 49.0 Å². The second kappa shape index (κ2) is 12.2. The third-order valence-electron chi connectivity index (χ3n) is 6.22. The van der Waals surface area contributed by atoms with Gasteiger partial charge in [-0.05, 0) is 36.2 Å². The Labute approximate surface area is 221 Å². The molecule has 3 heterocycles. The maximum Gasteiger partial charge on any atom is 0.254 e. The van der Waals surface area contributed by atoms with Gasteiger partial charge in [0.2, 0.25) is 11.8 Å². The first-order chi connectivity index (χ1) is 18.4. The molecule has 4 rings (SSSR count). The van der Waals surface area contributed by atoms with Gasteiger partial charge in [-0.15, -0.1) is 0 Å². The minimum Gasteiger partial charge on any atom is -0.493 e. The summed E-state index contributed by atoms with van der Waals surface area (Å²) in [4.78, 5) is 49.1. The van der Waals surface area contributed by atoms with Crippen LogP contribution in [0.25, 0.3) is 11.4 Å². The van der Waals surface area contributed by atoms with E-state index in [1.54, 1.807) is 31.5 Å². The Bertz CT molecular complexity index is 1280. The molecule has 0 radical (unpaired) electrons. The molecule has 2 bridgehead atoms. The quantitative estimate of drug-likeness (QED) is 0.539. The molecule has 0 fully saturated rings. The van der Waals surface area contributed by atoms with Crippen molar-refractivity contribution >= 4 is 17.7 Å². The van der Waals surface area contributed by atoms with Gasteiger partial charge in [0.25, 0.3) is 5.91 Å². The Morgan fingerprint density at radius 3 is 2.66 bits per heavy atom. The van der Waals surface area contributed by atoms with Crippen LogP contribution in [0.2, 0.25) is 0 Å². The molecular formula is C27H32N6O5. The number of aromatic nitrogens is 3. The lowest BCUT2D eigenvalue weighted by atomic mass is 10.0. The lowest BCUT2D eigenvalue weighted by molar-refractivity contribution is -0.130. The van der Waals surface area contributed by atoms with Gasteiger partial charge >= 0.3 is 0 Å².